The first-order valence-electron chi connectivity index (χ1n) is 7.86. The number of sulfonamides is 1. The van der Waals surface area contributed by atoms with Crippen molar-refractivity contribution in [1.29, 1.82) is 0 Å². The number of nitrogens with one attached hydrogen (secondary N) is 2. The molecular formula is C19H15F3N2O2S. The van der Waals surface area contributed by atoms with Crippen molar-refractivity contribution in [2.24, 2.45) is 0 Å². The molecule has 0 heterocycles. The van der Waals surface area contributed by atoms with Crippen molar-refractivity contribution in [2.45, 2.75) is 11.8 Å². The summed E-state index contributed by atoms with van der Waals surface area (Å²) in [7, 11) is -3.75. The van der Waals surface area contributed by atoms with E-state index >= 15 is 0 Å². The molecule has 8 heteroatoms. The third-order valence-electron chi connectivity index (χ3n) is 3.75. The lowest BCUT2D eigenvalue weighted by atomic mass is 10.2. The highest BCUT2D eigenvalue weighted by molar-refractivity contribution is 7.92. The molecule has 0 aliphatic carbocycles. The monoisotopic (exact) mass is 392 g/mol. The standard InChI is InChI=1S/C19H15F3N2O2S/c1-12-3-2-4-15(11-12)27(25,26)24-14-7-5-13(6-8-14)23-17-10-9-16(20)18(21)19(17)22/h2-11,23-24H,1H3. The van der Waals surface area contributed by atoms with E-state index in [1.165, 1.54) is 30.3 Å². The molecule has 0 aliphatic heterocycles. The van der Waals surface area contributed by atoms with E-state index in [4.69, 9.17) is 0 Å². The van der Waals surface area contributed by atoms with E-state index in [1.807, 2.05) is 0 Å². The van der Waals surface area contributed by atoms with Crippen molar-refractivity contribution in [3.63, 3.8) is 0 Å². The van der Waals surface area contributed by atoms with Crippen LogP contribution in [0.4, 0.5) is 30.2 Å². The van der Waals surface area contributed by atoms with Gasteiger partial charge >= 0.3 is 0 Å². The van der Waals surface area contributed by atoms with Crippen LogP contribution in [0.15, 0.2) is 65.6 Å². The molecule has 0 saturated carbocycles. The molecule has 0 unspecified atom stereocenters. The molecule has 0 atom stereocenters. The minimum Gasteiger partial charge on any atom is -0.353 e. The lowest BCUT2D eigenvalue weighted by molar-refractivity contribution is 0.449. The van der Waals surface area contributed by atoms with E-state index in [9.17, 15) is 21.6 Å². The van der Waals surface area contributed by atoms with Gasteiger partial charge < -0.3 is 5.32 Å². The average molecular weight is 392 g/mol. The molecule has 3 rings (SSSR count). The molecule has 0 saturated heterocycles. The zero-order chi connectivity index (χ0) is 19.6. The van der Waals surface area contributed by atoms with Crippen molar-refractivity contribution in [1.82, 2.24) is 0 Å². The van der Waals surface area contributed by atoms with Crippen LogP contribution in [0.5, 0.6) is 0 Å². The molecule has 140 valence electrons. The quantitative estimate of drug-likeness (QED) is 0.604. The van der Waals surface area contributed by atoms with Gasteiger partial charge in [-0.25, -0.2) is 21.6 Å². The predicted octanol–water partition coefficient (Wildman–Crippen LogP) is 4.96. The van der Waals surface area contributed by atoms with Crippen molar-refractivity contribution >= 4 is 27.1 Å². The lowest BCUT2D eigenvalue weighted by Crippen LogP contribution is -2.13. The van der Waals surface area contributed by atoms with Crippen LogP contribution >= 0.6 is 0 Å². The van der Waals surface area contributed by atoms with Gasteiger partial charge in [0.15, 0.2) is 17.5 Å². The Labute approximate surface area is 154 Å². The molecule has 3 aromatic carbocycles. The molecule has 27 heavy (non-hydrogen) atoms. The summed E-state index contributed by atoms with van der Waals surface area (Å²) in [5.74, 6) is -4.18. The zero-order valence-corrected chi connectivity index (χ0v) is 14.9. The predicted molar refractivity (Wildman–Crippen MR) is 98.0 cm³/mol. The molecule has 0 fully saturated rings. The minimum atomic E-state index is -3.75. The fraction of sp³-hybridized carbons (Fsp3) is 0.0526. The second kappa shape index (κ2) is 7.32. The number of aryl methyl sites for hydroxylation is 1. The Morgan fingerprint density at radius 3 is 2.15 bits per heavy atom. The van der Waals surface area contributed by atoms with Gasteiger partial charge in [0.25, 0.3) is 10.0 Å². The smallest absolute Gasteiger partial charge is 0.261 e. The maximum Gasteiger partial charge on any atom is 0.261 e. The van der Waals surface area contributed by atoms with Gasteiger partial charge in [-0.15, -0.1) is 0 Å². The number of hydrogen-bond acceptors (Lipinski definition) is 3. The Morgan fingerprint density at radius 1 is 0.815 bits per heavy atom. The first kappa shape index (κ1) is 18.8. The maximum absolute atomic E-state index is 13.7. The minimum absolute atomic E-state index is 0.133. The molecule has 0 bridgehead atoms. The van der Waals surface area contributed by atoms with Crippen LogP contribution in [-0.4, -0.2) is 8.42 Å². The fourth-order valence-corrected chi connectivity index (χ4v) is 3.56. The first-order valence-corrected chi connectivity index (χ1v) is 9.35. The van der Waals surface area contributed by atoms with Gasteiger partial charge in [0.2, 0.25) is 0 Å². The number of anilines is 3. The molecule has 0 spiro atoms. The van der Waals surface area contributed by atoms with Gasteiger partial charge in [0, 0.05) is 11.4 Å². The third-order valence-corrected chi connectivity index (χ3v) is 5.13. The largest absolute Gasteiger partial charge is 0.353 e. The summed E-state index contributed by atoms with van der Waals surface area (Å²) in [5.41, 5.74) is 1.25. The molecular weight excluding hydrogens is 377 g/mol. The van der Waals surface area contributed by atoms with Crippen LogP contribution in [0.2, 0.25) is 0 Å². The van der Waals surface area contributed by atoms with Crippen molar-refractivity contribution in [3.05, 3.63) is 83.7 Å². The zero-order valence-electron chi connectivity index (χ0n) is 14.1. The molecule has 4 nitrogen and oxygen atoms in total. The highest BCUT2D eigenvalue weighted by atomic mass is 32.2. The first-order chi connectivity index (χ1) is 12.8. The van der Waals surface area contributed by atoms with Crippen molar-refractivity contribution in [2.75, 3.05) is 10.0 Å². The van der Waals surface area contributed by atoms with Gasteiger partial charge in [-0.1, -0.05) is 12.1 Å². The van der Waals surface area contributed by atoms with Gasteiger partial charge in [-0.3, -0.25) is 4.72 Å². The van der Waals surface area contributed by atoms with E-state index in [0.29, 0.717) is 11.4 Å². The number of halogens is 3. The summed E-state index contributed by atoms with van der Waals surface area (Å²) in [6, 6.07) is 14.2. The summed E-state index contributed by atoms with van der Waals surface area (Å²) in [4.78, 5) is 0.133. The van der Waals surface area contributed by atoms with Gasteiger partial charge in [0.05, 0.1) is 10.6 Å². The summed E-state index contributed by atoms with van der Waals surface area (Å²) in [5, 5.41) is 2.61. The Hall–Kier alpha value is -3.00. The molecule has 3 aromatic rings. The van der Waals surface area contributed by atoms with Crippen LogP contribution in [0, 0.1) is 24.4 Å². The normalized spacial score (nSPS) is 11.3. The van der Waals surface area contributed by atoms with E-state index < -0.39 is 27.5 Å². The Kier molecular flexibility index (Phi) is 5.09. The Morgan fingerprint density at radius 2 is 1.48 bits per heavy atom. The second-order valence-corrected chi connectivity index (χ2v) is 7.53. The average Bonchev–Trinajstić information content (AvgIpc) is 2.63. The molecule has 0 aromatic heterocycles. The van der Waals surface area contributed by atoms with Gasteiger partial charge in [-0.05, 0) is 61.0 Å². The van der Waals surface area contributed by atoms with Crippen molar-refractivity contribution < 1.29 is 21.6 Å². The number of hydrogen-bond donors (Lipinski definition) is 2. The van der Waals surface area contributed by atoms with Gasteiger partial charge in [0.1, 0.15) is 0 Å². The van der Waals surface area contributed by atoms with E-state index in [2.05, 4.69) is 10.0 Å². The molecule has 0 aliphatic rings. The topological polar surface area (TPSA) is 58.2 Å². The molecule has 0 radical (unpaired) electrons. The molecule has 0 amide bonds. The number of benzene rings is 3. The SMILES string of the molecule is Cc1cccc(S(=O)(=O)Nc2ccc(Nc3ccc(F)c(F)c3F)cc2)c1. The lowest BCUT2D eigenvalue weighted by Gasteiger charge is -2.11. The highest BCUT2D eigenvalue weighted by Crippen LogP contribution is 2.25. The highest BCUT2D eigenvalue weighted by Gasteiger charge is 2.15. The van der Waals surface area contributed by atoms with Crippen LogP contribution < -0.4 is 10.0 Å². The van der Waals surface area contributed by atoms with E-state index in [1.54, 1.807) is 25.1 Å². The summed E-state index contributed by atoms with van der Waals surface area (Å²) < 4.78 is 67.2. The second-order valence-electron chi connectivity index (χ2n) is 5.85. The van der Waals surface area contributed by atoms with Crippen LogP contribution in [0.25, 0.3) is 0 Å². The van der Waals surface area contributed by atoms with Gasteiger partial charge in [-0.2, -0.15) is 0 Å². The van der Waals surface area contributed by atoms with Crippen LogP contribution in [0.3, 0.4) is 0 Å². The summed E-state index contributed by atoms with van der Waals surface area (Å²) in [6.45, 7) is 1.79. The van der Waals surface area contributed by atoms with Crippen LogP contribution in [0.1, 0.15) is 5.56 Å². The summed E-state index contributed by atoms with van der Waals surface area (Å²) >= 11 is 0. The summed E-state index contributed by atoms with van der Waals surface area (Å²) in [6.07, 6.45) is 0. The van der Waals surface area contributed by atoms with Crippen molar-refractivity contribution in [3.8, 4) is 0 Å². The molecule has 2 N–H and O–H groups in total. The Bertz CT molecular complexity index is 1080. The Balaban J connectivity index is 1.77. The maximum atomic E-state index is 13.7. The third kappa shape index (κ3) is 4.22. The van der Waals surface area contributed by atoms with Crippen LogP contribution in [-0.2, 0) is 10.0 Å². The fourth-order valence-electron chi connectivity index (χ4n) is 2.40. The van der Waals surface area contributed by atoms with E-state index in [0.717, 1.165) is 17.7 Å². The van der Waals surface area contributed by atoms with E-state index in [-0.39, 0.29) is 10.6 Å². The number of rotatable bonds is 5.